The summed E-state index contributed by atoms with van der Waals surface area (Å²) < 4.78 is 30.7. The molecule has 1 aromatic heterocycles. The molecule has 1 aliphatic rings. The fraction of sp³-hybridized carbons (Fsp3) is 0.357. The molecule has 0 saturated heterocycles. The van der Waals surface area contributed by atoms with E-state index in [1.165, 1.54) is 4.31 Å². The van der Waals surface area contributed by atoms with Gasteiger partial charge in [-0.05, 0) is 18.6 Å². The zero-order chi connectivity index (χ0) is 14.9. The maximum absolute atomic E-state index is 12.4. The largest absolute Gasteiger partial charge is 0.280 e. The second-order valence-corrected chi connectivity index (χ2v) is 6.90. The highest BCUT2D eigenvalue weighted by atomic mass is 32.2. The summed E-state index contributed by atoms with van der Waals surface area (Å²) in [5.74, 6) is 0. The third kappa shape index (κ3) is 3.15. The number of nitrogens with zero attached hydrogens (tertiary/aromatic N) is 3. The SMILES string of the molecule is Cc1cc2n(n1)CCN(S(=O)(=O)NCc1ccccc1)C2. The van der Waals surface area contributed by atoms with Gasteiger partial charge in [-0.15, -0.1) is 0 Å². The zero-order valence-electron chi connectivity index (χ0n) is 11.9. The van der Waals surface area contributed by atoms with Gasteiger partial charge in [0, 0.05) is 13.1 Å². The minimum Gasteiger partial charge on any atom is -0.267 e. The molecular weight excluding hydrogens is 288 g/mol. The van der Waals surface area contributed by atoms with E-state index in [2.05, 4.69) is 9.82 Å². The maximum Gasteiger partial charge on any atom is 0.280 e. The predicted molar refractivity (Wildman–Crippen MR) is 79.6 cm³/mol. The second kappa shape index (κ2) is 5.59. The van der Waals surface area contributed by atoms with E-state index in [9.17, 15) is 8.42 Å². The van der Waals surface area contributed by atoms with Gasteiger partial charge in [0.1, 0.15) is 0 Å². The van der Waals surface area contributed by atoms with Gasteiger partial charge in [-0.25, -0.2) is 0 Å². The minimum atomic E-state index is -3.47. The van der Waals surface area contributed by atoms with E-state index in [4.69, 9.17) is 0 Å². The maximum atomic E-state index is 12.4. The van der Waals surface area contributed by atoms with Crippen molar-refractivity contribution in [2.45, 2.75) is 26.6 Å². The predicted octanol–water partition coefficient (Wildman–Crippen LogP) is 1.04. The monoisotopic (exact) mass is 306 g/mol. The summed E-state index contributed by atoms with van der Waals surface area (Å²) >= 11 is 0. The fourth-order valence-corrected chi connectivity index (χ4v) is 3.61. The smallest absolute Gasteiger partial charge is 0.267 e. The van der Waals surface area contributed by atoms with Crippen molar-refractivity contribution < 1.29 is 8.42 Å². The average Bonchev–Trinajstić information content (AvgIpc) is 2.85. The van der Waals surface area contributed by atoms with Gasteiger partial charge in [-0.1, -0.05) is 30.3 Å². The lowest BCUT2D eigenvalue weighted by molar-refractivity contribution is 0.322. The van der Waals surface area contributed by atoms with Crippen LogP contribution in [0.4, 0.5) is 0 Å². The van der Waals surface area contributed by atoms with Gasteiger partial charge in [0.2, 0.25) is 0 Å². The van der Waals surface area contributed by atoms with E-state index in [-0.39, 0.29) is 0 Å². The molecular formula is C14H18N4O2S. The summed E-state index contributed by atoms with van der Waals surface area (Å²) in [6.45, 7) is 3.62. The first-order valence-corrected chi connectivity index (χ1v) is 8.30. The first-order valence-electron chi connectivity index (χ1n) is 6.86. The van der Waals surface area contributed by atoms with Crippen LogP contribution in [-0.4, -0.2) is 29.0 Å². The Morgan fingerprint density at radius 3 is 2.76 bits per heavy atom. The minimum absolute atomic E-state index is 0.304. The van der Waals surface area contributed by atoms with Gasteiger partial charge in [-0.3, -0.25) is 4.68 Å². The summed E-state index contributed by atoms with van der Waals surface area (Å²) in [4.78, 5) is 0. The van der Waals surface area contributed by atoms with Crippen LogP contribution in [0.2, 0.25) is 0 Å². The molecule has 112 valence electrons. The average molecular weight is 306 g/mol. The molecule has 1 aromatic carbocycles. The fourth-order valence-electron chi connectivity index (χ4n) is 2.45. The first-order chi connectivity index (χ1) is 10.0. The number of rotatable bonds is 4. The highest BCUT2D eigenvalue weighted by Crippen LogP contribution is 2.15. The molecule has 2 heterocycles. The Kier molecular flexibility index (Phi) is 3.79. The highest BCUT2D eigenvalue weighted by molar-refractivity contribution is 7.87. The van der Waals surface area contributed by atoms with Crippen LogP contribution in [-0.2, 0) is 29.8 Å². The van der Waals surface area contributed by atoms with Crippen LogP contribution in [0.3, 0.4) is 0 Å². The number of aromatic nitrogens is 2. The van der Waals surface area contributed by atoms with E-state index in [1.807, 2.05) is 48.0 Å². The van der Waals surface area contributed by atoms with Crippen molar-refractivity contribution in [3.8, 4) is 0 Å². The number of benzene rings is 1. The van der Waals surface area contributed by atoms with Gasteiger partial charge < -0.3 is 0 Å². The normalized spacial score (nSPS) is 15.9. The third-order valence-electron chi connectivity index (χ3n) is 3.53. The Balaban J connectivity index is 1.68. The molecule has 7 heteroatoms. The molecule has 2 aromatic rings. The lowest BCUT2D eigenvalue weighted by Crippen LogP contribution is -2.44. The van der Waals surface area contributed by atoms with Crippen molar-refractivity contribution in [3.05, 3.63) is 53.3 Å². The standard InChI is InChI=1S/C14H18N4O2S/c1-12-9-14-11-17(7-8-18(14)16-12)21(19,20)15-10-13-5-3-2-4-6-13/h2-6,9,15H,7-8,10-11H2,1H3. The lowest BCUT2D eigenvalue weighted by atomic mass is 10.2. The van der Waals surface area contributed by atoms with E-state index < -0.39 is 10.2 Å². The molecule has 0 fully saturated rings. The van der Waals surface area contributed by atoms with Crippen LogP contribution in [0, 0.1) is 6.92 Å². The van der Waals surface area contributed by atoms with E-state index in [1.54, 1.807) is 0 Å². The molecule has 0 unspecified atom stereocenters. The summed E-state index contributed by atoms with van der Waals surface area (Å²) in [6.07, 6.45) is 0. The van der Waals surface area contributed by atoms with Crippen molar-refractivity contribution in [1.29, 1.82) is 0 Å². The summed E-state index contributed by atoms with van der Waals surface area (Å²) in [6, 6.07) is 11.4. The summed E-state index contributed by atoms with van der Waals surface area (Å²) in [7, 11) is -3.47. The molecule has 0 spiro atoms. The van der Waals surface area contributed by atoms with Crippen LogP contribution in [0.1, 0.15) is 17.0 Å². The van der Waals surface area contributed by atoms with E-state index in [0.717, 1.165) is 17.0 Å². The molecule has 0 atom stereocenters. The zero-order valence-corrected chi connectivity index (χ0v) is 12.7. The summed E-state index contributed by atoms with van der Waals surface area (Å²) in [5, 5.41) is 4.34. The Bertz CT molecular complexity index is 725. The van der Waals surface area contributed by atoms with Crippen LogP contribution in [0.5, 0.6) is 0 Å². The van der Waals surface area contributed by atoms with E-state index in [0.29, 0.717) is 26.2 Å². The Morgan fingerprint density at radius 2 is 2.00 bits per heavy atom. The van der Waals surface area contributed by atoms with Crippen molar-refractivity contribution in [2.24, 2.45) is 0 Å². The summed E-state index contributed by atoms with van der Waals surface area (Å²) in [5.41, 5.74) is 2.80. The Hall–Kier alpha value is -1.70. The van der Waals surface area contributed by atoms with Crippen molar-refractivity contribution in [3.63, 3.8) is 0 Å². The number of hydrogen-bond donors (Lipinski definition) is 1. The van der Waals surface area contributed by atoms with Crippen LogP contribution < -0.4 is 4.72 Å². The van der Waals surface area contributed by atoms with Crippen molar-refractivity contribution >= 4 is 10.2 Å². The van der Waals surface area contributed by atoms with E-state index >= 15 is 0 Å². The number of nitrogens with one attached hydrogen (secondary N) is 1. The number of hydrogen-bond acceptors (Lipinski definition) is 3. The second-order valence-electron chi connectivity index (χ2n) is 5.15. The van der Waals surface area contributed by atoms with Gasteiger partial charge in [-0.2, -0.15) is 22.5 Å². The Morgan fingerprint density at radius 1 is 1.24 bits per heavy atom. The highest BCUT2D eigenvalue weighted by Gasteiger charge is 2.27. The quantitative estimate of drug-likeness (QED) is 0.918. The molecule has 1 aliphatic heterocycles. The van der Waals surface area contributed by atoms with Crippen LogP contribution in [0.25, 0.3) is 0 Å². The van der Waals surface area contributed by atoms with Crippen LogP contribution in [0.15, 0.2) is 36.4 Å². The third-order valence-corrected chi connectivity index (χ3v) is 5.03. The molecule has 1 N–H and O–H groups in total. The Labute approximate surface area is 124 Å². The lowest BCUT2D eigenvalue weighted by Gasteiger charge is -2.27. The van der Waals surface area contributed by atoms with Gasteiger partial charge in [0.15, 0.2) is 0 Å². The van der Waals surface area contributed by atoms with Crippen LogP contribution >= 0.6 is 0 Å². The molecule has 0 saturated carbocycles. The topological polar surface area (TPSA) is 67.2 Å². The van der Waals surface area contributed by atoms with Gasteiger partial charge in [0.25, 0.3) is 10.2 Å². The van der Waals surface area contributed by atoms with Crippen molar-refractivity contribution in [2.75, 3.05) is 6.54 Å². The molecule has 0 aliphatic carbocycles. The van der Waals surface area contributed by atoms with Gasteiger partial charge >= 0.3 is 0 Å². The molecule has 3 rings (SSSR count). The number of fused-ring (bicyclic) bond motifs is 1. The van der Waals surface area contributed by atoms with Crippen molar-refractivity contribution in [1.82, 2.24) is 18.8 Å². The first kappa shape index (κ1) is 14.2. The van der Waals surface area contributed by atoms with Gasteiger partial charge in [0.05, 0.1) is 24.5 Å². The molecule has 0 amide bonds. The molecule has 0 radical (unpaired) electrons. The molecule has 6 nitrogen and oxygen atoms in total. The molecule has 0 bridgehead atoms. The number of aryl methyl sites for hydroxylation is 1. The molecule has 21 heavy (non-hydrogen) atoms.